The van der Waals surface area contributed by atoms with Crippen molar-refractivity contribution in [1.29, 1.82) is 0 Å². The number of amides is 1. The van der Waals surface area contributed by atoms with Crippen LogP contribution < -0.4 is 5.32 Å². The van der Waals surface area contributed by atoms with Crippen molar-refractivity contribution in [3.05, 3.63) is 0 Å². The van der Waals surface area contributed by atoms with Crippen LogP contribution in [0.25, 0.3) is 0 Å². The van der Waals surface area contributed by atoms with Crippen LogP contribution in [0.4, 0.5) is 0 Å². The molecule has 3 aliphatic rings. The average Bonchev–Trinajstić information content (AvgIpc) is 3.28. The molecule has 168 valence electrons. The first-order chi connectivity index (χ1) is 13.8. The first-order valence-corrected chi connectivity index (χ1v) is 11.3. The van der Waals surface area contributed by atoms with Crippen LogP contribution in [0, 0.1) is 0 Å². The van der Waals surface area contributed by atoms with E-state index in [9.17, 15) is 4.79 Å². The fourth-order valence-electron chi connectivity index (χ4n) is 4.27. The van der Waals surface area contributed by atoms with Crippen molar-refractivity contribution in [2.24, 2.45) is 4.99 Å². The number of piperazine rings is 1. The van der Waals surface area contributed by atoms with Crippen LogP contribution in [0.1, 0.15) is 58.3 Å². The zero-order valence-corrected chi connectivity index (χ0v) is 20.3. The summed E-state index contributed by atoms with van der Waals surface area (Å²) in [6, 6.07) is 0. The van der Waals surface area contributed by atoms with Gasteiger partial charge in [0.2, 0.25) is 0 Å². The highest BCUT2D eigenvalue weighted by molar-refractivity contribution is 14.0. The molecular weight excluding hydrogens is 483 g/mol. The highest BCUT2D eigenvalue weighted by atomic mass is 127. The van der Waals surface area contributed by atoms with Gasteiger partial charge in [-0.2, -0.15) is 0 Å². The molecule has 2 aliphatic heterocycles. The second-order valence-corrected chi connectivity index (χ2v) is 8.03. The second kappa shape index (κ2) is 13.6. The molecule has 1 N–H and O–H groups in total. The van der Waals surface area contributed by atoms with Crippen molar-refractivity contribution >= 4 is 35.8 Å². The molecule has 1 unspecified atom stereocenters. The zero-order valence-electron chi connectivity index (χ0n) is 17.9. The van der Waals surface area contributed by atoms with Gasteiger partial charge in [0.1, 0.15) is 6.10 Å². The fourth-order valence-corrected chi connectivity index (χ4v) is 4.27. The molecule has 0 aromatic heterocycles. The molecule has 7 nitrogen and oxygen atoms in total. The molecule has 1 aliphatic carbocycles. The minimum atomic E-state index is -0.211. The number of ether oxygens (including phenoxy) is 2. The number of nitrogens with one attached hydrogen (secondary N) is 1. The first kappa shape index (κ1) is 24.7. The smallest absolute Gasteiger partial charge is 0.251 e. The Balaban J connectivity index is 0.00000300. The summed E-state index contributed by atoms with van der Waals surface area (Å²) in [6.45, 7) is 8.39. The molecule has 1 saturated carbocycles. The number of carbonyl (C=O) groups excluding carboxylic acids is 1. The van der Waals surface area contributed by atoms with Crippen molar-refractivity contribution in [3.8, 4) is 0 Å². The monoisotopic (exact) mass is 522 g/mol. The molecule has 2 saturated heterocycles. The van der Waals surface area contributed by atoms with E-state index in [1.54, 1.807) is 0 Å². The van der Waals surface area contributed by atoms with Gasteiger partial charge < -0.3 is 24.6 Å². The first-order valence-electron chi connectivity index (χ1n) is 11.3. The van der Waals surface area contributed by atoms with Crippen LogP contribution in [-0.2, 0) is 14.3 Å². The molecule has 0 radical (unpaired) electrons. The van der Waals surface area contributed by atoms with E-state index in [2.05, 4.69) is 17.1 Å². The normalized spacial score (nSPS) is 23.8. The Bertz CT molecular complexity index is 500. The van der Waals surface area contributed by atoms with Gasteiger partial charge in [0, 0.05) is 52.5 Å². The summed E-state index contributed by atoms with van der Waals surface area (Å²) in [5, 5.41) is 3.40. The molecule has 29 heavy (non-hydrogen) atoms. The van der Waals surface area contributed by atoms with Gasteiger partial charge in [0.25, 0.3) is 5.91 Å². The minimum Gasteiger partial charge on any atom is -0.378 e. The van der Waals surface area contributed by atoms with Gasteiger partial charge in [-0.15, -0.1) is 24.0 Å². The van der Waals surface area contributed by atoms with Crippen LogP contribution in [0.3, 0.4) is 0 Å². The third kappa shape index (κ3) is 7.86. The number of hydrogen-bond donors (Lipinski definition) is 1. The van der Waals surface area contributed by atoms with E-state index in [1.165, 1.54) is 32.1 Å². The molecule has 0 aromatic carbocycles. The summed E-state index contributed by atoms with van der Waals surface area (Å²) >= 11 is 0. The fraction of sp³-hybridized carbons (Fsp3) is 0.905. The summed E-state index contributed by atoms with van der Waals surface area (Å²) in [4.78, 5) is 21.5. The van der Waals surface area contributed by atoms with Crippen molar-refractivity contribution in [2.45, 2.75) is 70.5 Å². The van der Waals surface area contributed by atoms with Crippen molar-refractivity contribution in [2.75, 3.05) is 52.5 Å². The predicted molar refractivity (Wildman–Crippen MR) is 126 cm³/mol. The van der Waals surface area contributed by atoms with Gasteiger partial charge in [-0.3, -0.25) is 9.79 Å². The highest BCUT2D eigenvalue weighted by Gasteiger charge is 2.30. The Morgan fingerprint density at radius 2 is 1.79 bits per heavy atom. The molecule has 3 fully saturated rings. The van der Waals surface area contributed by atoms with Gasteiger partial charge in [-0.05, 0) is 39.0 Å². The third-order valence-electron chi connectivity index (χ3n) is 5.90. The largest absolute Gasteiger partial charge is 0.378 e. The number of nitrogens with zero attached hydrogens (tertiary/aromatic N) is 3. The number of guanidine groups is 1. The maximum Gasteiger partial charge on any atom is 0.251 e. The standard InChI is InChI=1S/C21H38N4O3.HI/c1-2-22-21(23-11-7-17-27-18-8-4-3-5-9-18)25-14-12-24(13-15-25)20(26)19-10-6-16-28-19;/h18-19H,2-17H2,1H3,(H,22,23);1H. The summed E-state index contributed by atoms with van der Waals surface area (Å²) < 4.78 is 11.5. The lowest BCUT2D eigenvalue weighted by atomic mass is 9.98. The molecule has 0 bridgehead atoms. The number of rotatable bonds is 7. The van der Waals surface area contributed by atoms with Gasteiger partial charge in [0.05, 0.1) is 6.10 Å². The average molecular weight is 522 g/mol. The Hall–Kier alpha value is -0.610. The minimum absolute atomic E-state index is 0. The third-order valence-corrected chi connectivity index (χ3v) is 5.90. The Labute approximate surface area is 193 Å². The Kier molecular flexibility index (Phi) is 11.6. The van der Waals surface area contributed by atoms with Crippen LogP contribution in [-0.4, -0.2) is 86.4 Å². The van der Waals surface area contributed by atoms with E-state index in [0.29, 0.717) is 6.10 Å². The van der Waals surface area contributed by atoms with Gasteiger partial charge >= 0.3 is 0 Å². The maximum absolute atomic E-state index is 12.5. The van der Waals surface area contributed by atoms with E-state index >= 15 is 0 Å². The maximum atomic E-state index is 12.5. The Morgan fingerprint density at radius 3 is 2.45 bits per heavy atom. The highest BCUT2D eigenvalue weighted by Crippen LogP contribution is 2.20. The van der Waals surface area contributed by atoms with E-state index in [0.717, 1.165) is 77.7 Å². The molecule has 1 amide bonds. The van der Waals surface area contributed by atoms with E-state index in [-0.39, 0.29) is 36.0 Å². The quantitative estimate of drug-likeness (QED) is 0.241. The van der Waals surface area contributed by atoms with Crippen molar-refractivity contribution in [3.63, 3.8) is 0 Å². The SMILES string of the molecule is CCNC(=NCCCOC1CCCCC1)N1CCN(C(=O)C2CCCO2)CC1.I. The number of halogens is 1. The number of aliphatic imine (C=N–C) groups is 1. The van der Waals surface area contributed by atoms with E-state index in [4.69, 9.17) is 14.5 Å². The van der Waals surface area contributed by atoms with Gasteiger partial charge in [-0.25, -0.2) is 0 Å². The number of carbonyl (C=O) groups is 1. The molecule has 3 rings (SSSR count). The van der Waals surface area contributed by atoms with E-state index < -0.39 is 0 Å². The summed E-state index contributed by atoms with van der Waals surface area (Å²) in [7, 11) is 0. The second-order valence-electron chi connectivity index (χ2n) is 8.03. The summed E-state index contributed by atoms with van der Waals surface area (Å²) in [5.74, 6) is 1.13. The van der Waals surface area contributed by atoms with Crippen LogP contribution in [0.5, 0.6) is 0 Å². The van der Waals surface area contributed by atoms with Gasteiger partial charge in [0.15, 0.2) is 5.96 Å². The lowest BCUT2D eigenvalue weighted by Crippen LogP contribution is -2.55. The molecular formula is C21H39IN4O3. The van der Waals surface area contributed by atoms with Gasteiger partial charge in [-0.1, -0.05) is 19.3 Å². The summed E-state index contributed by atoms with van der Waals surface area (Å²) in [5.41, 5.74) is 0. The van der Waals surface area contributed by atoms with Crippen molar-refractivity contribution < 1.29 is 14.3 Å². The lowest BCUT2D eigenvalue weighted by Gasteiger charge is -2.37. The topological polar surface area (TPSA) is 66.4 Å². The number of hydrogen-bond acceptors (Lipinski definition) is 4. The molecule has 1 atom stereocenters. The summed E-state index contributed by atoms with van der Waals surface area (Å²) in [6.07, 6.45) is 9.53. The molecule has 2 heterocycles. The molecule has 0 aromatic rings. The predicted octanol–water partition coefficient (Wildman–Crippen LogP) is 2.63. The van der Waals surface area contributed by atoms with Crippen LogP contribution >= 0.6 is 24.0 Å². The van der Waals surface area contributed by atoms with Crippen molar-refractivity contribution in [1.82, 2.24) is 15.1 Å². The lowest BCUT2D eigenvalue weighted by molar-refractivity contribution is -0.142. The molecule has 8 heteroatoms. The van der Waals surface area contributed by atoms with Crippen LogP contribution in [0.2, 0.25) is 0 Å². The Morgan fingerprint density at radius 1 is 1.07 bits per heavy atom. The van der Waals surface area contributed by atoms with E-state index in [1.807, 2.05) is 4.90 Å². The van der Waals surface area contributed by atoms with Crippen LogP contribution in [0.15, 0.2) is 4.99 Å². The zero-order chi connectivity index (χ0) is 19.6. The molecule has 0 spiro atoms.